The van der Waals surface area contributed by atoms with Crippen LogP contribution in [0.4, 0.5) is 13.2 Å². The SMILES string of the molecule is COc1ccc(OC)c(-c2ccc(=O)n(Cc3ccc(C(F)(F)F)cc3)n2)c1. The molecular formula is C20H17F3N2O3. The Labute approximate surface area is 159 Å². The van der Waals surface area contributed by atoms with Crippen molar-refractivity contribution in [3.63, 3.8) is 0 Å². The van der Waals surface area contributed by atoms with E-state index < -0.39 is 11.7 Å². The van der Waals surface area contributed by atoms with E-state index in [0.29, 0.717) is 28.3 Å². The first kappa shape index (κ1) is 19.5. The fourth-order valence-corrected chi connectivity index (χ4v) is 2.69. The van der Waals surface area contributed by atoms with Crippen LogP contribution in [0.1, 0.15) is 11.1 Å². The average Bonchev–Trinajstić information content (AvgIpc) is 2.69. The monoisotopic (exact) mass is 390 g/mol. The van der Waals surface area contributed by atoms with Gasteiger partial charge < -0.3 is 9.47 Å². The lowest BCUT2D eigenvalue weighted by Gasteiger charge is -2.12. The highest BCUT2D eigenvalue weighted by molar-refractivity contribution is 5.68. The van der Waals surface area contributed by atoms with Crippen LogP contribution >= 0.6 is 0 Å². The third kappa shape index (κ3) is 4.16. The lowest BCUT2D eigenvalue weighted by atomic mass is 10.1. The number of ether oxygens (including phenoxy) is 2. The van der Waals surface area contributed by atoms with Crippen molar-refractivity contribution in [1.82, 2.24) is 9.78 Å². The summed E-state index contributed by atoms with van der Waals surface area (Å²) >= 11 is 0. The predicted molar refractivity (Wildman–Crippen MR) is 97.6 cm³/mol. The third-order valence-electron chi connectivity index (χ3n) is 4.16. The van der Waals surface area contributed by atoms with Gasteiger partial charge in [0.15, 0.2) is 0 Å². The smallest absolute Gasteiger partial charge is 0.416 e. The van der Waals surface area contributed by atoms with Crippen molar-refractivity contribution in [2.75, 3.05) is 14.2 Å². The zero-order valence-corrected chi connectivity index (χ0v) is 15.2. The van der Waals surface area contributed by atoms with Crippen molar-refractivity contribution in [2.24, 2.45) is 0 Å². The van der Waals surface area contributed by atoms with Crippen LogP contribution in [0.5, 0.6) is 11.5 Å². The van der Waals surface area contributed by atoms with Crippen LogP contribution in [0.25, 0.3) is 11.3 Å². The minimum Gasteiger partial charge on any atom is -0.497 e. The highest BCUT2D eigenvalue weighted by Gasteiger charge is 2.29. The van der Waals surface area contributed by atoms with Crippen molar-refractivity contribution < 1.29 is 22.6 Å². The number of hydrogen-bond donors (Lipinski definition) is 0. The number of halogens is 3. The molecule has 5 nitrogen and oxygen atoms in total. The molecule has 0 fully saturated rings. The van der Waals surface area contributed by atoms with Gasteiger partial charge in [0.05, 0.1) is 32.0 Å². The second kappa shape index (κ2) is 7.75. The molecule has 3 aromatic rings. The molecule has 2 aromatic carbocycles. The summed E-state index contributed by atoms with van der Waals surface area (Å²) in [5.74, 6) is 1.14. The molecule has 0 unspecified atom stereocenters. The lowest BCUT2D eigenvalue weighted by Crippen LogP contribution is -2.23. The van der Waals surface area contributed by atoms with Gasteiger partial charge in [0.2, 0.25) is 0 Å². The Morgan fingerprint density at radius 2 is 1.68 bits per heavy atom. The first-order valence-corrected chi connectivity index (χ1v) is 8.28. The van der Waals surface area contributed by atoms with Gasteiger partial charge in [-0.2, -0.15) is 18.3 Å². The number of rotatable bonds is 5. The third-order valence-corrected chi connectivity index (χ3v) is 4.16. The summed E-state index contributed by atoms with van der Waals surface area (Å²) in [7, 11) is 3.05. The van der Waals surface area contributed by atoms with Crippen LogP contribution in [0, 0.1) is 0 Å². The Kier molecular flexibility index (Phi) is 5.39. The Balaban J connectivity index is 1.96. The van der Waals surface area contributed by atoms with E-state index in [9.17, 15) is 18.0 Å². The first-order chi connectivity index (χ1) is 13.3. The van der Waals surface area contributed by atoms with E-state index in [0.717, 1.165) is 12.1 Å². The summed E-state index contributed by atoms with van der Waals surface area (Å²) < 4.78 is 49.8. The maximum absolute atomic E-state index is 12.7. The summed E-state index contributed by atoms with van der Waals surface area (Å²) in [5, 5.41) is 4.34. The van der Waals surface area contributed by atoms with Crippen LogP contribution in [0.15, 0.2) is 59.4 Å². The Morgan fingerprint density at radius 1 is 0.964 bits per heavy atom. The molecule has 1 heterocycles. The second-order valence-electron chi connectivity index (χ2n) is 5.98. The molecule has 0 spiro atoms. The lowest BCUT2D eigenvalue weighted by molar-refractivity contribution is -0.137. The Hall–Kier alpha value is -3.29. The van der Waals surface area contributed by atoms with Gasteiger partial charge in [-0.15, -0.1) is 0 Å². The minimum atomic E-state index is -4.41. The molecule has 146 valence electrons. The number of hydrogen-bond acceptors (Lipinski definition) is 4. The molecule has 28 heavy (non-hydrogen) atoms. The highest BCUT2D eigenvalue weighted by Crippen LogP contribution is 2.32. The maximum atomic E-state index is 12.7. The molecule has 0 aliphatic rings. The molecule has 0 saturated carbocycles. The summed E-state index contributed by atoms with van der Waals surface area (Å²) in [6.07, 6.45) is -4.41. The van der Waals surface area contributed by atoms with Crippen molar-refractivity contribution >= 4 is 0 Å². The average molecular weight is 390 g/mol. The summed E-state index contributed by atoms with van der Waals surface area (Å²) in [6, 6.07) is 12.7. The van der Waals surface area contributed by atoms with Gasteiger partial charge in [0.1, 0.15) is 11.5 Å². The van der Waals surface area contributed by atoms with Crippen LogP contribution in [-0.4, -0.2) is 24.0 Å². The fraction of sp³-hybridized carbons (Fsp3) is 0.200. The molecule has 1 aromatic heterocycles. The van der Waals surface area contributed by atoms with E-state index in [1.165, 1.54) is 37.1 Å². The van der Waals surface area contributed by atoms with Gasteiger partial charge in [-0.25, -0.2) is 4.68 Å². The molecule has 0 atom stereocenters. The minimum absolute atomic E-state index is 0.0388. The number of methoxy groups -OCH3 is 2. The standard InChI is InChI=1S/C20H17F3N2O3/c1-27-15-7-9-18(28-2)16(11-15)17-8-10-19(26)25(24-17)12-13-3-5-14(6-4-13)20(21,22)23/h3-11H,12H2,1-2H3. The number of alkyl halides is 3. The Morgan fingerprint density at radius 3 is 2.29 bits per heavy atom. The van der Waals surface area contributed by atoms with E-state index >= 15 is 0 Å². The van der Waals surface area contributed by atoms with E-state index in [1.54, 1.807) is 24.3 Å². The molecule has 0 aliphatic heterocycles. The number of nitrogens with zero attached hydrogens (tertiary/aromatic N) is 2. The fourth-order valence-electron chi connectivity index (χ4n) is 2.69. The van der Waals surface area contributed by atoms with Crippen molar-refractivity contribution in [1.29, 1.82) is 0 Å². The van der Waals surface area contributed by atoms with E-state index in [4.69, 9.17) is 9.47 Å². The quantitative estimate of drug-likeness (QED) is 0.661. The van der Waals surface area contributed by atoms with Crippen LogP contribution < -0.4 is 15.0 Å². The largest absolute Gasteiger partial charge is 0.497 e. The molecule has 0 radical (unpaired) electrons. The first-order valence-electron chi connectivity index (χ1n) is 8.28. The molecule has 0 bridgehead atoms. The van der Waals surface area contributed by atoms with Gasteiger partial charge in [-0.3, -0.25) is 4.79 Å². The van der Waals surface area contributed by atoms with E-state index in [2.05, 4.69) is 5.10 Å². The van der Waals surface area contributed by atoms with Crippen LogP contribution in [0.2, 0.25) is 0 Å². The molecule has 0 aliphatic carbocycles. The van der Waals surface area contributed by atoms with Crippen LogP contribution in [0.3, 0.4) is 0 Å². The molecule has 0 N–H and O–H groups in total. The normalized spacial score (nSPS) is 11.3. The van der Waals surface area contributed by atoms with Crippen molar-refractivity contribution in [3.05, 3.63) is 76.1 Å². The highest BCUT2D eigenvalue weighted by atomic mass is 19.4. The molecule has 3 rings (SSSR count). The van der Waals surface area contributed by atoms with E-state index in [1.807, 2.05) is 0 Å². The summed E-state index contributed by atoms with van der Waals surface area (Å²) in [5.41, 5.74) is 0.513. The molecule has 0 saturated heterocycles. The number of aromatic nitrogens is 2. The molecule has 8 heteroatoms. The summed E-state index contributed by atoms with van der Waals surface area (Å²) in [4.78, 5) is 12.2. The maximum Gasteiger partial charge on any atom is 0.416 e. The van der Waals surface area contributed by atoms with E-state index in [-0.39, 0.29) is 12.1 Å². The van der Waals surface area contributed by atoms with Gasteiger partial charge in [-0.1, -0.05) is 12.1 Å². The zero-order valence-electron chi connectivity index (χ0n) is 15.2. The van der Waals surface area contributed by atoms with Gasteiger partial charge >= 0.3 is 6.18 Å². The number of benzene rings is 2. The Bertz CT molecular complexity index is 1030. The summed E-state index contributed by atoms with van der Waals surface area (Å²) in [6.45, 7) is 0.0388. The second-order valence-corrected chi connectivity index (χ2v) is 5.98. The topological polar surface area (TPSA) is 53.4 Å². The zero-order chi connectivity index (χ0) is 20.3. The predicted octanol–water partition coefficient (Wildman–Crippen LogP) is 3.99. The molecular weight excluding hydrogens is 373 g/mol. The molecule has 0 amide bonds. The van der Waals surface area contributed by atoms with Gasteiger partial charge in [0.25, 0.3) is 5.56 Å². The van der Waals surface area contributed by atoms with Crippen molar-refractivity contribution in [2.45, 2.75) is 12.7 Å². The van der Waals surface area contributed by atoms with Gasteiger partial charge in [-0.05, 0) is 42.0 Å². The van der Waals surface area contributed by atoms with Crippen molar-refractivity contribution in [3.8, 4) is 22.8 Å². The van der Waals surface area contributed by atoms with Crippen LogP contribution in [-0.2, 0) is 12.7 Å². The van der Waals surface area contributed by atoms with Gasteiger partial charge in [0, 0.05) is 11.6 Å².